The van der Waals surface area contributed by atoms with Crippen LogP contribution in [-0.4, -0.2) is 39.2 Å². The van der Waals surface area contributed by atoms with E-state index < -0.39 is 10.0 Å². The zero-order valence-electron chi connectivity index (χ0n) is 10.6. The van der Waals surface area contributed by atoms with Gasteiger partial charge in [-0.3, -0.25) is 0 Å². The summed E-state index contributed by atoms with van der Waals surface area (Å²) in [5.74, 6) is 0.774. The van der Waals surface area contributed by atoms with Crippen LogP contribution < -0.4 is 4.74 Å². The fraction of sp³-hybridized carbons (Fsp3) is 0.500. The third-order valence-corrected chi connectivity index (χ3v) is 4.08. The highest BCUT2D eigenvalue weighted by molar-refractivity contribution is 7.88. The monoisotopic (exact) mass is 291 g/mol. The Morgan fingerprint density at radius 2 is 1.83 bits per heavy atom. The van der Waals surface area contributed by atoms with Crippen LogP contribution in [0.15, 0.2) is 24.3 Å². The first-order valence-corrected chi connectivity index (χ1v) is 7.92. The van der Waals surface area contributed by atoms with E-state index in [-0.39, 0.29) is 0 Å². The molecule has 1 aromatic carbocycles. The molecule has 1 rings (SSSR count). The fourth-order valence-electron chi connectivity index (χ4n) is 1.32. The molecular weight excluding hydrogens is 274 g/mol. The minimum Gasteiger partial charge on any atom is -0.494 e. The minimum atomic E-state index is -3.07. The van der Waals surface area contributed by atoms with E-state index in [1.54, 1.807) is 19.2 Å². The van der Waals surface area contributed by atoms with Crippen LogP contribution in [0.2, 0.25) is 5.02 Å². The smallest absolute Gasteiger partial charge is 0.210 e. The molecule has 0 fully saturated rings. The SMILES string of the molecule is CN(CCCCOc1ccc(Cl)cc1)S(C)(=O)=O. The molecule has 1 aromatic rings. The first kappa shape index (κ1) is 15.3. The Morgan fingerprint density at radius 3 is 2.39 bits per heavy atom. The number of ether oxygens (including phenoxy) is 1. The van der Waals surface area contributed by atoms with Gasteiger partial charge in [-0.05, 0) is 37.1 Å². The predicted molar refractivity (Wildman–Crippen MR) is 73.7 cm³/mol. The molecule has 0 saturated carbocycles. The summed E-state index contributed by atoms with van der Waals surface area (Å²) in [7, 11) is -1.49. The van der Waals surface area contributed by atoms with Crippen molar-refractivity contribution < 1.29 is 13.2 Å². The second-order valence-corrected chi connectivity index (χ2v) is 6.62. The Labute approximate surface area is 114 Å². The molecule has 0 amide bonds. The molecule has 0 spiro atoms. The number of rotatable bonds is 7. The lowest BCUT2D eigenvalue weighted by molar-refractivity contribution is 0.301. The molecule has 0 unspecified atom stereocenters. The summed E-state index contributed by atoms with van der Waals surface area (Å²) in [5, 5.41) is 0.678. The average molecular weight is 292 g/mol. The summed E-state index contributed by atoms with van der Waals surface area (Å²) >= 11 is 5.76. The van der Waals surface area contributed by atoms with Crippen molar-refractivity contribution in [3.8, 4) is 5.75 Å². The number of halogens is 1. The number of nitrogens with zero attached hydrogens (tertiary/aromatic N) is 1. The maximum atomic E-state index is 11.1. The molecule has 0 heterocycles. The van der Waals surface area contributed by atoms with Gasteiger partial charge in [-0.2, -0.15) is 0 Å². The van der Waals surface area contributed by atoms with Crippen LogP contribution in [-0.2, 0) is 10.0 Å². The van der Waals surface area contributed by atoms with E-state index in [1.165, 1.54) is 10.6 Å². The molecule has 0 saturated heterocycles. The Bertz CT molecular complexity index is 459. The maximum absolute atomic E-state index is 11.1. The Hall–Kier alpha value is -0.780. The summed E-state index contributed by atoms with van der Waals surface area (Å²) in [6, 6.07) is 7.17. The third-order valence-electron chi connectivity index (χ3n) is 2.52. The molecule has 0 aromatic heterocycles. The highest BCUT2D eigenvalue weighted by Crippen LogP contribution is 2.15. The zero-order chi connectivity index (χ0) is 13.6. The van der Waals surface area contributed by atoms with E-state index in [2.05, 4.69) is 0 Å². The molecule has 102 valence electrons. The fourth-order valence-corrected chi connectivity index (χ4v) is 1.91. The van der Waals surface area contributed by atoms with Crippen molar-refractivity contribution in [2.45, 2.75) is 12.8 Å². The molecule has 0 radical (unpaired) electrons. The molecule has 0 aliphatic carbocycles. The van der Waals surface area contributed by atoms with Gasteiger partial charge in [0, 0.05) is 18.6 Å². The largest absolute Gasteiger partial charge is 0.494 e. The van der Waals surface area contributed by atoms with Gasteiger partial charge in [-0.25, -0.2) is 12.7 Å². The van der Waals surface area contributed by atoms with Crippen LogP contribution in [0.1, 0.15) is 12.8 Å². The van der Waals surface area contributed by atoms with Gasteiger partial charge in [-0.1, -0.05) is 11.6 Å². The van der Waals surface area contributed by atoms with E-state index in [0.717, 1.165) is 18.6 Å². The van der Waals surface area contributed by atoms with Crippen molar-refractivity contribution in [2.24, 2.45) is 0 Å². The first-order chi connectivity index (χ1) is 8.39. The van der Waals surface area contributed by atoms with Crippen LogP contribution in [0.4, 0.5) is 0 Å². The van der Waals surface area contributed by atoms with E-state index >= 15 is 0 Å². The highest BCUT2D eigenvalue weighted by Gasteiger charge is 2.09. The first-order valence-electron chi connectivity index (χ1n) is 5.69. The van der Waals surface area contributed by atoms with Crippen molar-refractivity contribution in [1.29, 1.82) is 0 Å². The van der Waals surface area contributed by atoms with Gasteiger partial charge in [0.2, 0.25) is 10.0 Å². The Morgan fingerprint density at radius 1 is 1.22 bits per heavy atom. The van der Waals surface area contributed by atoms with E-state index in [0.29, 0.717) is 18.2 Å². The number of benzene rings is 1. The van der Waals surface area contributed by atoms with Gasteiger partial charge in [0.25, 0.3) is 0 Å². The number of sulfonamides is 1. The van der Waals surface area contributed by atoms with Crippen molar-refractivity contribution in [3.63, 3.8) is 0 Å². The van der Waals surface area contributed by atoms with Gasteiger partial charge >= 0.3 is 0 Å². The standard InChI is InChI=1S/C12H18ClNO3S/c1-14(18(2,15)16)9-3-4-10-17-12-7-5-11(13)6-8-12/h5-8H,3-4,9-10H2,1-2H3. The van der Waals surface area contributed by atoms with Gasteiger partial charge in [-0.15, -0.1) is 0 Å². The average Bonchev–Trinajstić information content (AvgIpc) is 2.29. The molecule has 0 bridgehead atoms. The van der Waals surface area contributed by atoms with Gasteiger partial charge in [0.15, 0.2) is 0 Å². The van der Waals surface area contributed by atoms with Crippen LogP contribution in [0.5, 0.6) is 5.75 Å². The second-order valence-electron chi connectivity index (χ2n) is 4.09. The van der Waals surface area contributed by atoms with Gasteiger partial charge < -0.3 is 4.74 Å². The molecule has 0 aliphatic rings. The van der Waals surface area contributed by atoms with Crippen molar-refractivity contribution >= 4 is 21.6 Å². The summed E-state index contributed by atoms with van der Waals surface area (Å²) in [4.78, 5) is 0. The molecular formula is C12H18ClNO3S. The van der Waals surface area contributed by atoms with Crippen LogP contribution in [0, 0.1) is 0 Å². The van der Waals surface area contributed by atoms with Gasteiger partial charge in [0.1, 0.15) is 5.75 Å². The third kappa shape index (κ3) is 5.71. The maximum Gasteiger partial charge on any atom is 0.210 e. The Kier molecular flexibility index (Phi) is 5.91. The summed E-state index contributed by atoms with van der Waals surface area (Å²) in [5.41, 5.74) is 0. The summed E-state index contributed by atoms with van der Waals surface area (Å²) < 4.78 is 29.1. The molecule has 0 atom stereocenters. The van der Waals surface area contributed by atoms with Crippen molar-refractivity contribution in [1.82, 2.24) is 4.31 Å². The molecule has 0 aliphatic heterocycles. The topological polar surface area (TPSA) is 46.6 Å². The number of hydrogen-bond donors (Lipinski definition) is 0. The van der Waals surface area contributed by atoms with Crippen LogP contribution >= 0.6 is 11.6 Å². The second kappa shape index (κ2) is 6.97. The lowest BCUT2D eigenvalue weighted by atomic mass is 10.3. The quantitative estimate of drug-likeness (QED) is 0.725. The molecule has 4 nitrogen and oxygen atoms in total. The number of unbranched alkanes of at least 4 members (excludes halogenated alkanes) is 1. The molecule has 18 heavy (non-hydrogen) atoms. The number of hydrogen-bond acceptors (Lipinski definition) is 3. The summed E-state index contributed by atoms with van der Waals surface area (Å²) in [6.07, 6.45) is 2.79. The Balaban J connectivity index is 2.18. The van der Waals surface area contributed by atoms with Crippen molar-refractivity contribution in [3.05, 3.63) is 29.3 Å². The minimum absolute atomic E-state index is 0.517. The van der Waals surface area contributed by atoms with Crippen molar-refractivity contribution in [2.75, 3.05) is 26.5 Å². The normalized spacial score (nSPS) is 11.8. The van der Waals surface area contributed by atoms with E-state index in [1.807, 2.05) is 12.1 Å². The van der Waals surface area contributed by atoms with Crippen LogP contribution in [0.25, 0.3) is 0 Å². The molecule has 0 N–H and O–H groups in total. The predicted octanol–water partition coefficient (Wildman–Crippen LogP) is 2.39. The lowest BCUT2D eigenvalue weighted by Gasteiger charge is -2.13. The summed E-state index contributed by atoms with van der Waals surface area (Å²) in [6.45, 7) is 1.09. The van der Waals surface area contributed by atoms with E-state index in [9.17, 15) is 8.42 Å². The lowest BCUT2D eigenvalue weighted by Crippen LogP contribution is -2.26. The van der Waals surface area contributed by atoms with Gasteiger partial charge in [0.05, 0.1) is 12.9 Å². The highest BCUT2D eigenvalue weighted by atomic mass is 35.5. The zero-order valence-corrected chi connectivity index (χ0v) is 12.2. The van der Waals surface area contributed by atoms with E-state index in [4.69, 9.17) is 16.3 Å². The molecule has 6 heteroatoms. The van der Waals surface area contributed by atoms with Crippen LogP contribution in [0.3, 0.4) is 0 Å².